The van der Waals surface area contributed by atoms with Gasteiger partial charge in [0.05, 0.1) is 30.1 Å². The summed E-state index contributed by atoms with van der Waals surface area (Å²) in [4.78, 5) is 52.0. The molecule has 1 unspecified atom stereocenters. The molecule has 3 fully saturated rings. The number of methoxy groups -OCH3 is 1. The van der Waals surface area contributed by atoms with Gasteiger partial charge in [-0.3, -0.25) is 14.3 Å². The van der Waals surface area contributed by atoms with Gasteiger partial charge in [0.2, 0.25) is 15.9 Å². The van der Waals surface area contributed by atoms with E-state index in [1.807, 2.05) is 30.5 Å². The Kier molecular flexibility index (Phi) is 11.3. The quantitative estimate of drug-likeness (QED) is 0.159. The number of amides is 4. The lowest BCUT2D eigenvalue weighted by Gasteiger charge is -2.26. The maximum atomic E-state index is 14.0. The molecule has 13 nitrogen and oxygen atoms in total. The lowest BCUT2D eigenvalue weighted by Crippen LogP contribution is -2.56. The average Bonchev–Trinajstić information content (AvgIpc) is 4.02. The Morgan fingerprint density at radius 2 is 1.83 bits per heavy atom. The van der Waals surface area contributed by atoms with Gasteiger partial charge in [0, 0.05) is 35.4 Å². The summed E-state index contributed by atoms with van der Waals surface area (Å²) < 4.78 is 39.5. The van der Waals surface area contributed by atoms with E-state index in [1.54, 1.807) is 7.11 Å². The van der Waals surface area contributed by atoms with Crippen molar-refractivity contribution in [3.63, 3.8) is 0 Å². The molecule has 1 aromatic carbocycles. The number of aromatic nitrogens is 2. The number of nitrogens with one attached hydrogen (secondary N) is 3. The second-order valence-corrected chi connectivity index (χ2v) is 17.4. The van der Waals surface area contributed by atoms with Crippen LogP contribution in [-0.4, -0.2) is 84.3 Å². The maximum Gasteiger partial charge on any atom is 0.318 e. The molecule has 0 spiro atoms. The Balaban J connectivity index is 1.25. The second kappa shape index (κ2) is 15.6. The molecule has 3 N–H and O–H groups in total. The van der Waals surface area contributed by atoms with Gasteiger partial charge < -0.3 is 25.0 Å². The van der Waals surface area contributed by atoms with Crippen molar-refractivity contribution >= 4 is 50.1 Å². The zero-order chi connectivity index (χ0) is 37.2. The molecular weight excluding hydrogens is 705 g/mol. The summed E-state index contributed by atoms with van der Waals surface area (Å²) >= 11 is 1.51. The lowest BCUT2D eigenvalue weighted by atomic mass is 10.1. The zero-order valence-electron chi connectivity index (χ0n) is 30.6. The number of urea groups is 1. The van der Waals surface area contributed by atoms with Crippen LogP contribution in [0.2, 0.25) is 0 Å². The Bertz CT molecular complexity index is 1920. The number of sulfonamides is 1. The second-order valence-electron chi connectivity index (χ2n) is 14.6. The summed E-state index contributed by atoms with van der Waals surface area (Å²) in [6, 6.07) is 4.27. The molecular formula is C37H50N6O7S2. The molecule has 2 atom stereocenters. The van der Waals surface area contributed by atoms with E-state index in [0.29, 0.717) is 54.9 Å². The first-order chi connectivity index (χ1) is 24.9. The fraction of sp³-hybridized carbons (Fsp3) is 0.595. The van der Waals surface area contributed by atoms with Gasteiger partial charge in [0.25, 0.3) is 5.91 Å². The van der Waals surface area contributed by atoms with Crippen molar-refractivity contribution in [1.82, 2.24) is 30.2 Å². The number of pyridine rings is 1. The minimum absolute atomic E-state index is 0.123. The largest absolute Gasteiger partial charge is 0.496 e. The number of hydrogen-bond donors (Lipinski definition) is 3. The standard InChI is InChI=1S/C37H50N6O7S2/c1-6-7-8-9-10-17-38-36(46)43-20-24(18-29(43)33(44)41-37(15-16-37)35(45)42-52(47,48)25-11-12-25)50-31-19-27(34-40-28(21-51-34)22(2)3)39-32-23(4)30(49-5)14-13-26(31)32/h13-14,19,21-22,24-25,29H,6-12,15-18,20H2,1-5H3,(H,38,46)(H,41,44)(H,42,45)/t24?,29-/m0/s1. The predicted molar refractivity (Wildman–Crippen MR) is 200 cm³/mol. The molecule has 4 amide bonds. The Hall–Kier alpha value is -3.98. The molecule has 0 bridgehead atoms. The normalized spacial score (nSPS) is 19.5. The average molecular weight is 755 g/mol. The van der Waals surface area contributed by atoms with Gasteiger partial charge >= 0.3 is 6.03 Å². The monoisotopic (exact) mass is 754 g/mol. The summed E-state index contributed by atoms with van der Waals surface area (Å²) in [5.41, 5.74) is 1.82. The lowest BCUT2D eigenvalue weighted by molar-refractivity contribution is -0.131. The highest BCUT2D eigenvalue weighted by atomic mass is 32.2. The van der Waals surface area contributed by atoms with Crippen molar-refractivity contribution < 1.29 is 32.3 Å². The number of hydrogen-bond acceptors (Lipinski definition) is 10. The van der Waals surface area contributed by atoms with Gasteiger partial charge in [-0.05, 0) is 57.1 Å². The molecule has 1 saturated heterocycles. The molecule has 2 aromatic heterocycles. The zero-order valence-corrected chi connectivity index (χ0v) is 32.3. The summed E-state index contributed by atoms with van der Waals surface area (Å²) in [6.07, 6.45) is 6.39. The van der Waals surface area contributed by atoms with Crippen LogP contribution in [0, 0.1) is 6.92 Å². The maximum absolute atomic E-state index is 14.0. The topological polar surface area (TPSA) is 169 Å². The van der Waals surface area contributed by atoms with E-state index < -0.39 is 50.8 Å². The van der Waals surface area contributed by atoms with Crippen LogP contribution in [0.25, 0.3) is 21.6 Å². The van der Waals surface area contributed by atoms with Crippen LogP contribution in [0.5, 0.6) is 11.5 Å². The fourth-order valence-corrected chi connectivity index (χ4v) is 8.90. The van der Waals surface area contributed by atoms with Crippen molar-refractivity contribution in [2.24, 2.45) is 0 Å². The third-order valence-electron chi connectivity index (χ3n) is 10.1. The summed E-state index contributed by atoms with van der Waals surface area (Å²) in [7, 11) is -2.17. The van der Waals surface area contributed by atoms with E-state index in [-0.39, 0.29) is 18.9 Å². The number of carbonyl (C=O) groups excluding carboxylic acids is 3. The van der Waals surface area contributed by atoms with E-state index >= 15 is 0 Å². The van der Waals surface area contributed by atoms with Crippen LogP contribution in [0.4, 0.5) is 4.79 Å². The number of aryl methyl sites for hydroxylation is 1. The van der Waals surface area contributed by atoms with E-state index in [4.69, 9.17) is 19.4 Å². The Morgan fingerprint density at radius 1 is 1.08 bits per heavy atom. The minimum Gasteiger partial charge on any atom is -0.496 e. The fourth-order valence-electron chi connectivity index (χ4n) is 6.58. The van der Waals surface area contributed by atoms with Gasteiger partial charge in [-0.2, -0.15) is 0 Å². The molecule has 3 heterocycles. The number of thiazole rings is 1. The molecule has 2 saturated carbocycles. The number of benzene rings is 1. The number of rotatable bonds is 16. The smallest absolute Gasteiger partial charge is 0.318 e. The van der Waals surface area contributed by atoms with Gasteiger partial charge in [0.1, 0.15) is 39.9 Å². The SMILES string of the molecule is CCCCCCCNC(=O)N1CC(Oc2cc(-c3nc(C(C)C)cs3)nc3c(C)c(OC)ccc23)C[C@H]1C(=O)NC1(C(=O)NS(=O)(=O)C2CC2)CC1. The van der Waals surface area contributed by atoms with Crippen LogP contribution >= 0.6 is 11.3 Å². The minimum atomic E-state index is -3.79. The number of carbonyl (C=O) groups is 3. The third-order valence-corrected chi connectivity index (χ3v) is 12.8. The highest BCUT2D eigenvalue weighted by Crippen LogP contribution is 2.40. The first kappa shape index (κ1) is 37.8. The molecule has 0 radical (unpaired) electrons. The predicted octanol–water partition coefficient (Wildman–Crippen LogP) is 5.56. The molecule has 3 aromatic rings. The molecule has 1 aliphatic heterocycles. The van der Waals surface area contributed by atoms with E-state index in [0.717, 1.165) is 53.8 Å². The number of likely N-dealkylation sites (tertiary alicyclic amines) is 1. The number of unbranched alkanes of at least 4 members (excludes halogenated alkanes) is 4. The Morgan fingerprint density at radius 3 is 2.48 bits per heavy atom. The molecule has 6 rings (SSSR count). The molecule has 282 valence electrons. The summed E-state index contributed by atoms with van der Waals surface area (Å²) in [6.45, 7) is 8.85. The number of nitrogens with zero attached hydrogens (tertiary/aromatic N) is 3. The highest BCUT2D eigenvalue weighted by molar-refractivity contribution is 7.91. The first-order valence-corrected chi connectivity index (χ1v) is 20.8. The van der Waals surface area contributed by atoms with Crippen LogP contribution < -0.4 is 24.8 Å². The van der Waals surface area contributed by atoms with Gasteiger partial charge in [0.15, 0.2) is 0 Å². The van der Waals surface area contributed by atoms with E-state index in [2.05, 4.69) is 36.1 Å². The van der Waals surface area contributed by atoms with Crippen LogP contribution in [-0.2, 0) is 19.6 Å². The van der Waals surface area contributed by atoms with Crippen LogP contribution in [0.1, 0.15) is 102 Å². The van der Waals surface area contributed by atoms with Crippen LogP contribution in [0.3, 0.4) is 0 Å². The van der Waals surface area contributed by atoms with Crippen molar-refractivity contribution in [2.75, 3.05) is 20.2 Å². The Labute approximate surface area is 309 Å². The highest BCUT2D eigenvalue weighted by Gasteiger charge is 2.55. The van der Waals surface area contributed by atoms with Crippen molar-refractivity contribution in [3.8, 4) is 22.2 Å². The third kappa shape index (κ3) is 8.30. The van der Waals surface area contributed by atoms with Crippen LogP contribution in [0.15, 0.2) is 23.6 Å². The first-order valence-electron chi connectivity index (χ1n) is 18.4. The summed E-state index contributed by atoms with van der Waals surface area (Å²) in [5.74, 6) is 0.221. The van der Waals surface area contributed by atoms with Gasteiger partial charge in [-0.25, -0.2) is 23.2 Å². The molecule has 52 heavy (non-hydrogen) atoms. The molecule has 2 aliphatic carbocycles. The van der Waals surface area contributed by atoms with Crippen molar-refractivity contribution in [3.05, 3.63) is 34.8 Å². The molecule has 15 heteroatoms. The van der Waals surface area contributed by atoms with E-state index in [9.17, 15) is 22.8 Å². The van der Waals surface area contributed by atoms with Gasteiger partial charge in [-0.1, -0.05) is 46.5 Å². The van der Waals surface area contributed by atoms with Crippen molar-refractivity contribution in [1.29, 1.82) is 0 Å². The number of ether oxygens (including phenoxy) is 2. The van der Waals surface area contributed by atoms with Gasteiger partial charge in [-0.15, -0.1) is 11.3 Å². The molecule has 3 aliphatic rings. The van der Waals surface area contributed by atoms with E-state index in [1.165, 1.54) is 16.2 Å². The van der Waals surface area contributed by atoms with Crippen molar-refractivity contribution in [2.45, 2.75) is 121 Å². The number of fused-ring (bicyclic) bond motifs is 1. The summed E-state index contributed by atoms with van der Waals surface area (Å²) in [5, 5.41) is 8.75.